The molecule has 106 valence electrons. The van der Waals surface area contributed by atoms with Crippen LogP contribution in [0.5, 0.6) is 0 Å². The summed E-state index contributed by atoms with van der Waals surface area (Å²) in [5, 5.41) is 3.39. The standard InChI is InChI=1S/C16H25NO2/c1-12(2)10-11-17-13(3)14(4)19-16(18)15-8-6-5-7-9-15/h5-9,12-14,17H,10-11H2,1-4H3. The molecule has 1 aromatic rings. The highest BCUT2D eigenvalue weighted by molar-refractivity contribution is 5.89. The third kappa shape index (κ3) is 5.88. The first-order chi connectivity index (χ1) is 9.00. The summed E-state index contributed by atoms with van der Waals surface area (Å²) in [6, 6.07) is 9.26. The lowest BCUT2D eigenvalue weighted by Gasteiger charge is -2.22. The van der Waals surface area contributed by atoms with E-state index in [0.717, 1.165) is 13.0 Å². The molecule has 19 heavy (non-hydrogen) atoms. The van der Waals surface area contributed by atoms with Crippen LogP contribution in [0.1, 0.15) is 44.5 Å². The number of carbonyl (C=O) groups excluding carboxylic acids is 1. The van der Waals surface area contributed by atoms with Gasteiger partial charge in [0.15, 0.2) is 0 Å². The average Bonchev–Trinajstić information content (AvgIpc) is 2.39. The van der Waals surface area contributed by atoms with Gasteiger partial charge in [-0.05, 0) is 44.9 Å². The molecule has 2 unspecified atom stereocenters. The van der Waals surface area contributed by atoms with Gasteiger partial charge in [-0.25, -0.2) is 4.79 Å². The fraction of sp³-hybridized carbons (Fsp3) is 0.562. The predicted octanol–water partition coefficient (Wildman–Crippen LogP) is 3.26. The number of esters is 1. The van der Waals surface area contributed by atoms with Crippen molar-refractivity contribution >= 4 is 5.97 Å². The second-order valence-electron chi connectivity index (χ2n) is 5.40. The van der Waals surface area contributed by atoms with E-state index in [4.69, 9.17) is 4.74 Å². The SMILES string of the molecule is CC(C)CCNC(C)C(C)OC(=O)c1ccccc1. The smallest absolute Gasteiger partial charge is 0.338 e. The molecule has 0 aliphatic carbocycles. The third-order valence-electron chi connectivity index (χ3n) is 3.19. The molecule has 1 aromatic carbocycles. The lowest BCUT2D eigenvalue weighted by molar-refractivity contribution is 0.0267. The topological polar surface area (TPSA) is 38.3 Å². The Morgan fingerprint density at radius 3 is 2.37 bits per heavy atom. The summed E-state index contributed by atoms with van der Waals surface area (Å²) in [6.07, 6.45) is 0.990. The molecule has 2 atom stereocenters. The molecule has 0 fully saturated rings. The maximum absolute atomic E-state index is 11.9. The summed E-state index contributed by atoms with van der Waals surface area (Å²) >= 11 is 0. The fourth-order valence-corrected chi connectivity index (χ4v) is 1.68. The zero-order chi connectivity index (χ0) is 14.3. The van der Waals surface area contributed by atoms with E-state index in [9.17, 15) is 4.79 Å². The highest BCUT2D eigenvalue weighted by Crippen LogP contribution is 2.07. The van der Waals surface area contributed by atoms with Crippen molar-refractivity contribution in [1.29, 1.82) is 0 Å². The summed E-state index contributed by atoms with van der Waals surface area (Å²) in [5.41, 5.74) is 0.601. The van der Waals surface area contributed by atoms with E-state index in [0.29, 0.717) is 11.5 Å². The Labute approximate surface area is 116 Å². The Bertz CT molecular complexity index is 376. The van der Waals surface area contributed by atoms with E-state index in [-0.39, 0.29) is 18.1 Å². The van der Waals surface area contributed by atoms with E-state index < -0.39 is 0 Å². The second kappa shape index (κ2) is 7.95. The molecule has 0 aromatic heterocycles. The largest absolute Gasteiger partial charge is 0.457 e. The molecule has 0 saturated heterocycles. The van der Waals surface area contributed by atoms with Crippen LogP contribution in [0.25, 0.3) is 0 Å². The molecule has 0 aliphatic rings. The molecule has 0 spiro atoms. The van der Waals surface area contributed by atoms with E-state index in [1.54, 1.807) is 12.1 Å². The lowest BCUT2D eigenvalue weighted by atomic mass is 10.1. The van der Waals surface area contributed by atoms with Crippen LogP contribution in [0, 0.1) is 5.92 Å². The van der Waals surface area contributed by atoms with Crippen LogP contribution in [-0.4, -0.2) is 24.7 Å². The van der Waals surface area contributed by atoms with Crippen molar-refractivity contribution in [2.24, 2.45) is 5.92 Å². The summed E-state index contributed by atoms with van der Waals surface area (Å²) in [6.45, 7) is 9.32. The molecule has 0 amide bonds. The van der Waals surface area contributed by atoms with Crippen LogP contribution >= 0.6 is 0 Å². The number of nitrogens with one attached hydrogen (secondary N) is 1. The van der Waals surface area contributed by atoms with Gasteiger partial charge in [0, 0.05) is 6.04 Å². The van der Waals surface area contributed by atoms with Crippen molar-refractivity contribution in [3.05, 3.63) is 35.9 Å². The van der Waals surface area contributed by atoms with Crippen LogP contribution in [0.3, 0.4) is 0 Å². The third-order valence-corrected chi connectivity index (χ3v) is 3.19. The Hall–Kier alpha value is -1.35. The highest BCUT2D eigenvalue weighted by Gasteiger charge is 2.17. The fourth-order valence-electron chi connectivity index (χ4n) is 1.68. The minimum Gasteiger partial charge on any atom is -0.457 e. The van der Waals surface area contributed by atoms with Crippen molar-refractivity contribution in [3.63, 3.8) is 0 Å². The van der Waals surface area contributed by atoms with E-state index in [1.165, 1.54) is 0 Å². The van der Waals surface area contributed by atoms with Gasteiger partial charge in [-0.1, -0.05) is 32.0 Å². The number of hydrogen-bond acceptors (Lipinski definition) is 3. The van der Waals surface area contributed by atoms with Crippen molar-refractivity contribution in [2.75, 3.05) is 6.54 Å². The highest BCUT2D eigenvalue weighted by atomic mass is 16.5. The van der Waals surface area contributed by atoms with Crippen molar-refractivity contribution in [3.8, 4) is 0 Å². The molecule has 0 heterocycles. The van der Waals surface area contributed by atoms with E-state index in [1.807, 2.05) is 32.0 Å². The maximum atomic E-state index is 11.9. The first-order valence-electron chi connectivity index (χ1n) is 7.00. The normalized spacial score (nSPS) is 14.2. The number of benzene rings is 1. The van der Waals surface area contributed by atoms with Gasteiger partial charge in [-0.3, -0.25) is 0 Å². The number of carbonyl (C=O) groups is 1. The Kier molecular flexibility index (Phi) is 6.57. The first kappa shape index (κ1) is 15.7. The Morgan fingerprint density at radius 1 is 1.16 bits per heavy atom. The van der Waals surface area contributed by atoms with Crippen molar-refractivity contribution in [2.45, 2.75) is 46.3 Å². The van der Waals surface area contributed by atoms with Crippen LogP contribution in [-0.2, 0) is 4.74 Å². The summed E-state index contributed by atoms with van der Waals surface area (Å²) < 4.78 is 5.45. The van der Waals surface area contributed by atoms with Crippen molar-refractivity contribution < 1.29 is 9.53 Å². The minimum atomic E-state index is -0.259. The van der Waals surface area contributed by atoms with Crippen LogP contribution < -0.4 is 5.32 Å². The van der Waals surface area contributed by atoms with Gasteiger partial charge in [0.1, 0.15) is 6.10 Å². The Morgan fingerprint density at radius 2 is 1.79 bits per heavy atom. The molecule has 3 heteroatoms. The molecule has 1 rings (SSSR count). The molecule has 3 nitrogen and oxygen atoms in total. The number of ether oxygens (including phenoxy) is 1. The molecular formula is C16H25NO2. The Balaban J connectivity index is 2.37. The summed E-state index contributed by atoms with van der Waals surface area (Å²) in [7, 11) is 0. The summed E-state index contributed by atoms with van der Waals surface area (Å²) in [4.78, 5) is 11.9. The molecule has 0 aliphatic heterocycles. The number of hydrogen-bond donors (Lipinski definition) is 1. The van der Waals surface area contributed by atoms with Crippen LogP contribution in [0.15, 0.2) is 30.3 Å². The van der Waals surface area contributed by atoms with Gasteiger partial charge in [0.05, 0.1) is 5.56 Å². The molecule has 0 bridgehead atoms. The van der Waals surface area contributed by atoms with Gasteiger partial charge in [0.25, 0.3) is 0 Å². The average molecular weight is 263 g/mol. The van der Waals surface area contributed by atoms with Gasteiger partial charge >= 0.3 is 5.97 Å². The van der Waals surface area contributed by atoms with Gasteiger partial charge in [-0.2, -0.15) is 0 Å². The second-order valence-corrected chi connectivity index (χ2v) is 5.40. The first-order valence-corrected chi connectivity index (χ1v) is 7.00. The van der Waals surface area contributed by atoms with Gasteiger partial charge in [0.2, 0.25) is 0 Å². The predicted molar refractivity (Wildman–Crippen MR) is 78.2 cm³/mol. The minimum absolute atomic E-state index is 0.139. The van der Waals surface area contributed by atoms with Crippen molar-refractivity contribution in [1.82, 2.24) is 5.32 Å². The van der Waals surface area contributed by atoms with Gasteiger partial charge < -0.3 is 10.1 Å². The van der Waals surface area contributed by atoms with Crippen LogP contribution in [0.2, 0.25) is 0 Å². The number of rotatable bonds is 7. The lowest BCUT2D eigenvalue weighted by Crippen LogP contribution is -2.39. The monoisotopic (exact) mass is 263 g/mol. The quantitative estimate of drug-likeness (QED) is 0.767. The maximum Gasteiger partial charge on any atom is 0.338 e. The zero-order valence-corrected chi connectivity index (χ0v) is 12.3. The molecule has 1 N–H and O–H groups in total. The van der Waals surface area contributed by atoms with E-state index in [2.05, 4.69) is 19.2 Å². The van der Waals surface area contributed by atoms with Gasteiger partial charge in [-0.15, -0.1) is 0 Å². The molecular weight excluding hydrogens is 238 g/mol. The molecule has 0 saturated carbocycles. The zero-order valence-electron chi connectivity index (χ0n) is 12.3. The molecule has 0 radical (unpaired) electrons. The summed E-state index contributed by atoms with van der Waals surface area (Å²) in [5.74, 6) is 0.424. The van der Waals surface area contributed by atoms with E-state index >= 15 is 0 Å². The van der Waals surface area contributed by atoms with Crippen LogP contribution in [0.4, 0.5) is 0 Å².